The lowest BCUT2D eigenvalue weighted by molar-refractivity contribution is -0.137. The fraction of sp³-hybridized carbons (Fsp3) is 0.350. The number of alkyl halides is 3. The van der Waals surface area contributed by atoms with Crippen molar-refractivity contribution in [3.05, 3.63) is 65.5 Å². The van der Waals surface area contributed by atoms with Crippen molar-refractivity contribution in [2.75, 3.05) is 11.9 Å². The molecule has 27 heavy (non-hydrogen) atoms. The minimum atomic E-state index is -4.40. The first-order chi connectivity index (χ1) is 12.8. The van der Waals surface area contributed by atoms with E-state index < -0.39 is 11.7 Å². The first-order valence-corrected chi connectivity index (χ1v) is 9.18. The summed E-state index contributed by atoms with van der Waals surface area (Å²) in [5, 5.41) is 6.21. The molecular formula is C20H20F4N2S. The largest absolute Gasteiger partial charge is 0.416 e. The lowest BCUT2D eigenvalue weighted by Crippen LogP contribution is -2.40. The molecule has 0 saturated heterocycles. The van der Waals surface area contributed by atoms with Crippen molar-refractivity contribution in [2.45, 2.75) is 37.3 Å². The average molecular weight is 396 g/mol. The topological polar surface area (TPSA) is 24.1 Å². The van der Waals surface area contributed by atoms with Gasteiger partial charge in [-0.3, -0.25) is 0 Å². The van der Waals surface area contributed by atoms with Gasteiger partial charge < -0.3 is 10.6 Å². The Hall–Kier alpha value is -2.15. The van der Waals surface area contributed by atoms with Gasteiger partial charge >= 0.3 is 6.18 Å². The summed E-state index contributed by atoms with van der Waals surface area (Å²) in [6, 6.07) is 11.4. The summed E-state index contributed by atoms with van der Waals surface area (Å²) in [6.07, 6.45) is -0.335. The molecule has 3 rings (SSSR count). The Morgan fingerprint density at radius 2 is 1.70 bits per heavy atom. The Balaban J connectivity index is 1.66. The second kappa shape index (κ2) is 7.84. The van der Waals surface area contributed by atoms with E-state index >= 15 is 0 Å². The van der Waals surface area contributed by atoms with Crippen LogP contribution in [0.4, 0.5) is 23.2 Å². The maximum absolute atomic E-state index is 13.2. The van der Waals surface area contributed by atoms with Crippen molar-refractivity contribution in [3.63, 3.8) is 0 Å². The van der Waals surface area contributed by atoms with E-state index in [0.29, 0.717) is 6.54 Å². The van der Waals surface area contributed by atoms with Gasteiger partial charge in [-0.2, -0.15) is 13.2 Å². The predicted molar refractivity (Wildman–Crippen MR) is 102 cm³/mol. The standard InChI is InChI=1S/C20H20F4N2S/c21-16-8-6-14(7-9-16)19(10-1-2-11-19)13-25-18(27)26-17-5-3-4-15(12-17)20(22,23)24/h3-9,12H,1-2,10-11,13H2,(H2,25,26,27). The number of anilines is 1. The molecule has 0 aromatic heterocycles. The normalized spacial score (nSPS) is 16.1. The molecule has 2 N–H and O–H groups in total. The molecule has 1 aliphatic carbocycles. The summed E-state index contributed by atoms with van der Waals surface area (Å²) in [5.74, 6) is -0.276. The van der Waals surface area contributed by atoms with E-state index in [1.165, 1.54) is 24.3 Å². The van der Waals surface area contributed by atoms with Crippen LogP contribution in [0.25, 0.3) is 0 Å². The molecule has 0 heterocycles. The van der Waals surface area contributed by atoms with Crippen LogP contribution >= 0.6 is 12.2 Å². The minimum absolute atomic E-state index is 0.146. The highest BCUT2D eigenvalue weighted by atomic mass is 32.1. The SMILES string of the molecule is Fc1ccc(C2(CNC(=S)Nc3cccc(C(F)(F)F)c3)CCCC2)cc1. The Morgan fingerprint density at radius 3 is 2.33 bits per heavy atom. The Bertz CT molecular complexity index is 796. The third-order valence-electron chi connectivity index (χ3n) is 5.05. The smallest absolute Gasteiger partial charge is 0.362 e. The molecule has 2 aromatic rings. The van der Waals surface area contributed by atoms with E-state index in [1.54, 1.807) is 12.1 Å². The van der Waals surface area contributed by atoms with E-state index in [0.717, 1.165) is 43.4 Å². The zero-order valence-corrected chi connectivity index (χ0v) is 15.4. The van der Waals surface area contributed by atoms with E-state index in [9.17, 15) is 17.6 Å². The van der Waals surface area contributed by atoms with Crippen molar-refractivity contribution in [3.8, 4) is 0 Å². The van der Waals surface area contributed by atoms with Crippen LogP contribution in [0, 0.1) is 5.82 Å². The summed E-state index contributed by atoms with van der Waals surface area (Å²) in [7, 11) is 0. The van der Waals surface area contributed by atoms with Crippen molar-refractivity contribution in [2.24, 2.45) is 0 Å². The van der Waals surface area contributed by atoms with Gasteiger partial charge in [-0.15, -0.1) is 0 Å². The molecule has 2 aromatic carbocycles. The third kappa shape index (κ3) is 4.77. The highest BCUT2D eigenvalue weighted by molar-refractivity contribution is 7.80. The van der Waals surface area contributed by atoms with Crippen molar-refractivity contribution in [1.82, 2.24) is 5.32 Å². The summed E-state index contributed by atoms with van der Waals surface area (Å²) < 4.78 is 51.7. The Kier molecular flexibility index (Phi) is 5.69. The molecule has 7 heteroatoms. The van der Waals surface area contributed by atoms with Crippen LogP contribution in [0.5, 0.6) is 0 Å². The zero-order chi connectivity index (χ0) is 19.5. The van der Waals surface area contributed by atoms with Crippen LogP contribution in [0.3, 0.4) is 0 Å². The minimum Gasteiger partial charge on any atom is -0.362 e. The number of hydrogen-bond donors (Lipinski definition) is 2. The lowest BCUT2D eigenvalue weighted by atomic mass is 9.79. The summed E-state index contributed by atoms with van der Waals surface area (Å²) in [6.45, 7) is 0.545. The summed E-state index contributed by atoms with van der Waals surface area (Å²) >= 11 is 5.26. The van der Waals surface area contributed by atoms with Crippen LogP contribution in [0.2, 0.25) is 0 Å². The van der Waals surface area contributed by atoms with Crippen LogP contribution < -0.4 is 10.6 Å². The quantitative estimate of drug-likeness (QED) is 0.516. The van der Waals surface area contributed by atoms with Gasteiger partial charge in [0.1, 0.15) is 5.82 Å². The van der Waals surface area contributed by atoms with Crippen molar-refractivity contribution in [1.29, 1.82) is 0 Å². The van der Waals surface area contributed by atoms with Gasteiger partial charge in [-0.05, 0) is 61.0 Å². The monoisotopic (exact) mass is 396 g/mol. The maximum atomic E-state index is 13.2. The predicted octanol–water partition coefficient (Wildman–Crippen LogP) is 5.64. The van der Waals surface area contributed by atoms with Gasteiger partial charge in [0.25, 0.3) is 0 Å². The van der Waals surface area contributed by atoms with Crippen molar-refractivity contribution >= 4 is 23.0 Å². The number of benzene rings is 2. The second-order valence-electron chi connectivity index (χ2n) is 6.88. The van der Waals surface area contributed by atoms with Crippen LogP contribution in [-0.4, -0.2) is 11.7 Å². The Labute approximate surface area is 161 Å². The van der Waals surface area contributed by atoms with Gasteiger partial charge in [0, 0.05) is 17.6 Å². The average Bonchev–Trinajstić information content (AvgIpc) is 3.10. The molecular weight excluding hydrogens is 376 g/mol. The fourth-order valence-corrected chi connectivity index (χ4v) is 3.81. The highest BCUT2D eigenvalue weighted by Crippen LogP contribution is 2.40. The number of hydrogen-bond acceptors (Lipinski definition) is 1. The first-order valence-electron chi connectivity index (χ1n) is 8.77. The molecule has 0 amide bonds. The highest BCUT2D eigenvalue weighted by Gasteiger charge is 2.35. The van der Waals surface area contributed by atoms with Crippen LogP contribution in [-0.2, 0) is 11.6 Å². The Morgan fingerprint density at radius 1 is 1.04 bits per heavy atom. The van der Waals surface area contributed by atoms with Gasteiger partial charge in [-0.25, -0.2) is 4.39 Å². The molecule has 0 radical (unpaired) electrons. The van der Waals surface area contributed by atoms with Crippen molar-refractivity contribution < 1.29 is 17.6 Å². The summed E-state index contributed by atoms with van der Waals surface area (Å²) in [4.78, 5) is 0. The molecule has 0 aliphatic heterocycles. The van der Waals surface area contributed by atoms with Gasteiger partial charge in [0.2, 0.25) is 0 Å². The molecule has 1 saturated carbocycles. The zero-order valence-electron chi connectivity index (χ0n) is 14.6. The second-order valence-corrected chi connectivity index (χ2v) is 7.29. The lowest BCUT2D eigenvalue weighted by Gasteiger charge is -2.30. The van der Waals surface area contributed by atoms with E-state index in [-0.39, 0.29) is 22.0 Å². The molecule has 1 aliphatic rings. The summed E-state index contributed by atoms with van der Waals surface area (Å²) in [5.41, 5.74) is 0.460. The molecule has 0 spiro atoms. The molecule has 1 fully saturated rings. The van der Waals surface area contributed by atoms with E-state index in [1.807, 2.05) is 0 Å². The van der Waals surface area contributed by atoms with Gasteiger partial charge in [0.15, 0.2) is 5.11 Å². The van der Waals surface area contributed by atoms with Crippen LogP contribution in [0.1, 0.15) is 36.8 Å². The number of rotatable bonds is 4. The third-order valence-corrected chi connectivity index (χ3v) is 5.30. The molecule has 2 nitrogen and oxygen atoms in total. The molecule has 0 unspecified atom stereocenters. The molecule has 0 bridgehead atoms. The van der Waals surface area contributed by atoms with E-state index in [2.05, 4.69) is 10.6 Å². The van der Waals surface area contributed by atoms with Crippen LogP contribution in [0.15, 0.2) is 48.5 Å². The number of halogens is 4. The maximum Gasteiger partial charge on any atom is 0.416 e. The number of nitrogens with one attached hydrogen (secondary N) is 2. The molecule has 144 valence electrons. The number of thiocarbonyl (C=S) groups is 1. The van der Waals surface area contributed by atoms with Gasteiger partial charge in [-0.1, -0.05) is 31.0 Å². The van der Waals surface area contributed by atoms with E-state index in [4.69, 9.17) is 12.2 Å². The fourth-order valence-electron chi connectivity index (χ4n) is 3.62. The van der Waals surface area contributed by atoms with Gasteiger partial charge in [0.05, 0.1) is 5.56 Å². The molecule has 0 atom stereocenters. The first kappa shape index (κ1) is 19.6.